The fourth-order valence-corrected chi connectivity index (χ4v) is 2.68. The molecule has 1 aromatic carbocycles. The van der Waals surface area contributed by atoms with E-state index in [4.69, 9.17) is 17.4 Å². The van der Waals surface area contributed by atoms with Crippen LogP contribution in [0.1, 0.15) is 35.5 Å². The quantitative estimate of drug-likeness (QED) is 0.658. The van der Waals surface area contributed by atoms with Gasteiger partial charge in [0.15, 0.2) is 0 Å². The number of benzene rings is 1. The third-order valence-electron chi connectivity index (χ3n) is 3.47. The van der Waals surface area contributed by atoms with Gasteiger partial charge in [0.2, 0.25) is 0 Å². The van der Waals surface area contributed by atoms with E-state index in [1.807, 2.05) is 30.8 Å². The highest BCUT2D eigenvalue weighted by molar-refractivity contribution is 6.30. The molecule has 4 nitrogen and oxygen atoms in total. The van der Waals surface area contributed by atoms with Gasteiger partial charge in [-0.15, -0.1) is 0 Å². The Labute approximate surface area is 124 Å². The maximum atomic E-state index is 6.13. The first-order valence-electron chi connectivity index (χ1n) is 6.78. The number of rotatable bonds is 5. The zero-order chi connectivity index (χ0) is 14.7. The lowest BCUT2D eigenvalue weighted by Gasteiger charge is -2.17. The first-order chi connectivity index (χ1) is 9.53. The second-order valence-corrected chi connectivity index (χ2v) is 5.53. The van der Waals surface area contributed by atoms with E-state index in [1.165, 1.54) is 0 Å². The predicted octanol–water partition coefficient (Wildman–Crippen LogP) is 2.69. The van der Waals surface area contributed by atoms with Crippen molar-refractivity contribution in [2.24, 2.45) is 12.9 Å². The van der Waals surface area contributed by atoms with Crippen LogP contribution in [0.4, 0.5) is 0 Å². The Morgan fingerprint density at radius 2 is 2.10 bits per heavy atom. The number of nitrogens with one attached hydrogen (secondary N) is 1. The summed E-state index contributed by atoms with van der Waals surface area (Å²) in [6.07, 6.45) is 1.71. The van der Waals surface area contributed by atoms with Crippen LogP contribution in [0, 0.1) is 6.92 Å². The first kappa shape index (κ1) is 15.0. The van der Waals surface area contributed by atoms with Gasteiger partial charge >= 0.3 is 0 Å². The molecule has 1 heterocycles. The van der Waals surface area contributed by atoms with Crippen LogP contribution in [0.5, 0.6) is 0 Å². The molecule has 0 bridgehead atoms. The number of aromatic nitrogens is 2. The molecule has 2 aromatic rings. The van der Waals surface area contributed by atoms with Crippen LogP contribution in [-0.2, 0) is 19.9 Å². The number of nitrogens with two attached hydrogens (primary N) is 1. The van der Waals surface area contributed by atoms with E-state index in [2.05, 4.69) is 29.6 Å². The summed E-state index contributed by atoms with van der Waals surface area (Å²) in [6.45, 7) is 4.13. The second kappa shape index (κ2) is 6.39. The highest BCUT2D eigenvalue weighted by Gasteiger charge is 2.15. The minimum atomic E-state index is 0.0208. The van der Waals surface area contributed by atoms with E-state index in [9.17, 15) is 0 Å². The Kier molecular flexibility index (Phi) is 4.81. The van der Waals surface area contributed by atoms with Crippen LogP contribution in [0.25, 0.3) is 0 Å². The van der Waals surface area contributed by atoms with Gasteiger partial charge in [-0.1, -0.05) is 24.6 Å². The van der Waals surface area contributed by atoms with Crippen LogP contribution in [0.3, 0.4) is 0 Å². The number of hydrazine groups is 1. The summed E-state index contributed by atoms with van der Waals surface area (Å²) in [5.74, 6) is 5.72. The number of halogens is 1. The third kappa shape index (κ3) is 3.39. The highest BCUT2D eigenvalue weighted by atomic mass is 35.5. The molecule has 0 amide bonds. The summed E-state index contributed by atoms with van der Waals surface area (Å²) in [4.78, 5) is 0. The maximum absolute atomic E-state index is 6.13. The van der Waals surface area contributed by atoms with E-state index < -0.39 is 0 Å². The monoisotopic (exact) mass is 292 g/mol. The lowest BCUT2D eigenvalue weighted by molar-refractivity contribution is 0.529. The molecule has 5 heteroatoms. The van der Waals surface area contributed by atoms with Gasteiger partial charge in [0.05, 0.1) is 11.7 Å². The van der Waals surface area contributed by atoms with Gasteiger partial charge in [0.1, 0.15) is 0 Å². The van der Waals surface area contributed by atoms with E-state index in [-0.39, 0.29) is 6.04 Å². The van der Waals surface area contributed by atoms with Crippen LogP contribution in [-0.4, -0.2) is 9.78 Å². The molecule has 1 aromatic heterocycles. The SMILES string of the molecule is CCc1cc(CC(NN)c2cc(C)cc(Cl)c2)n(C)n1. The Morgan fingerprint density at radius 1 is 1.35 bits per heavy atom. The normalized spacial score (nSPS) is 12.7. The maximum Gasteiger partial charge on any atom is 0.0624 e. The summed E-state index contributed by atoms with van der Waals surface area (Å²) in [7, 11) is 1.96. The number of aryl methyl sites for hydroxylation is 3. The minimum Gasteiger partial charge on any atom is -0.272 e. The Bertz CT molecular complexity index is 571. The van der Waals surface area contributed by atoms with Crippen molar-refractivity contribution < 1.29 is 0 Å². The van der Waals surface area contributed by atoms with Crippen molar-refractivity contribution >= 4 is 11.6 Å². The Balaban J connectivity index is 2.25. The molecule has 20 heavy (non-hydrogen) atoms. The minimum absolute atomic E-state index is 0.0208. The van der Waals surface area contributed by atoms with Crippen molar-refractivity contribution in [2.45, 2.75) is 32.7 Å². The van der Waals surface area contributed by atoms with Crippen LogP contribution < -0.4 is 11.3 Å². The fraction of sp³-hybridized carbons (Fsp3) is 0.400. The standard InChI is InChI=1S/C15H21ClN4/c1-4-13-8-14(20(3)19-13)9-15(18-17)11-5-10(2)6-12(16)7-11/h5-8,15,18H,4,9,17H2,1-3H3. The molecule has 0 aliphatic heterocycles. The number of hydrogen-bond acceptors (Lipinski definition) is 3. The second-order valence-electron chi connectivity index (χ2n) is 5.09. The van der Waals surface area contributed by atoms with E-state index >= 15 is 0 Å². The molecule has 108 valence electrons. The lowest BCUT2D eigenvalue weighted by Crippen LogP contribution is -2.30. The van der Waals surface area contributed by atoms with Crippen LogP contribution in [0.2, 0.25) is 5.02 Å². The molecule has 0 radical (unpaired) electrons. The zero-order valence-corrected chi connectivity index (χ0v) is 12.9. The average Bonchev–Trinajstić information content (AvgIpc) is 2.75. The average molecular weight is 293 g/mol. The van der Waals surface area contributed by atoms with Crippen molar-refractivity contribution in [3.8, 4) is 0 Å². The van der Waals surface area contributed by atoms with Gasteiger partial charge in [-0.3, -0.25) is 16.0 Å². The molecule has 0 aliphatic rings. The Morgan fingerprint density at radius 3 is 2.65 bits per heavy atom. The van der Waals surface area contributed by atoms with Gasteiger partial charge in [0, 0.05) is 24.2 Å². The Hall–Kier alpha value is -1.36. The van der Waals surface area contributed by atoms with Crippen molar-refractivity contribution in [1.82, 2.24) is 15.2 Å². The van der Waals surface area contributed by atoms with E-state index in [1.54, 1.807) is 0 Å². The van der Waals surface area contributed by atoms with Crippen molar-refractivity contribution in [3.63, 3.8) is 0 Å². The topological polar surface area (TPSA) is 55.9 Å². The lowest BCUT2D eigenvalue weighted by atomic mass is 10.0. The largest absolute Gasteiger partial charge is 0.272 e. The molecule has 3 N–H and O–H groups in total. The van der Waals surface area contributed by atoms with Gasteiger partial charge in [-0.2, -0.15) is 5.10 Å². The van der Waals surface area contributed by atoms with Crippen molar-refractivity contribution in [3.05, 3.63) is 51.8 Å². The van der Waals surface area contributed by atoms with Gasteiger partial charge < -0.3 is 0 Å². The number of nitrogens with zero attached hydrogens (tertiary/aromatic N) is 2. The summed E-state index contributed by atoms with van der Waals surface area (Å²) in [5.41, 5.74) is 7.35. The van der Waals surface area contributed by atoms with Gasteiger partial charge in [0.25, 0.3) is 0 Å². The molecule has 0 saturated heterocycles. The van der Waals surface area contributed by atoms with Gasteiger partial charge in [-0.05, 0) is 42.7 Å². The summed E-state index contributed by atoms with van der Waals surface area (Å²) < 4.78 is 1.92. The molecule has 0 fully saturated rings. The summed E-state index contributed by atoms with van der Waals surface area (Å²) in [6, 6.07) is 8.15. The molecular weight excluding hydrogens is 272 g/mol. The predicted molar refractivity (Wildman–Crippen MR) is 82.5 cm³/mol. The van der Waals surface area contributed by atoms with Crippen molar-refractivity contribution in [2.75, 3.05) is 0 Å². The third-order valence-corrected chi connectivity index (χ3v) is 3.69. The van der Waals surface area contributed by atoms with Crippen LogP contribution in [0.15, 0.2) is 24.3 Å². The van der Waals surface area contributed by atoms with Crippen molar-refractivity contribution in [1.29, 1.82) is 0 Å². The first-order valence-corrected chi connectivity index (χ1v) is 7.16. The fourth-order valence-electron chi connectivity index (χ4n) is 2.38. The van der Waals surface area contributed by atoms with Gasteiger partial charge in [-0.25, -0.2) is 0 Å². The summed E-state index contributed by atoms with van der Waals surface area (Å²) >= 11 is 6.13. The smallest absolute Gasteiger partial charge is 0.0624 e. The molecule has 1 unspecified atom stereocenters. The molecule has 2 rings (SSSR count). The molecule has 1 atom stereocenters. The molecular formula is C15H21ClN4. The zero-order valence-electron chi connectivity index (χ0n) is 12.2. The molecule has 0 saturated carbocycles. The molecule has 0 aliphatic carbocycles. The summed E-state index contributed by atoms with van der Waals surface area (Å²) in [5, 5.41) is 5.20. The van der Waals surface area contributed by atoms with E-state index in [0.29, 0.717) is 0 Å². The highest BCUT2D eigenvalue weighted by Crippen LogP contribution is 2.23. The van der Waals surface area contributed by atoms with Crippen LogP contribution >= 0.6 is 11.6 Å². The number of hydrogen-bond donors (Lipinski definition) is 2. The van der Waals surface area contributed by atoms with E-state index in [0.717, 1.165) is 40.4 Å². The molecule has 0 spiro atoms.